The van der Waals surface area contributed by atoms with E-state index in [1.807, 2.05) is 55.1 Å². The summed E-state index contributed by atoms with van der Waals surface area (Å²) in [6.07, 6.45) is -2.33. The molecule has 0 saturated carbocycles. The maximum absolute atomic E-state index is 15.9. The number of rotatable bonds is 8. The molecule has 4 rings (SSSR count). The van der Waals surface area contributed by atoms with Gasteiger partial charge < -0.3 is 19.1 Å². The molecule has 3 aromatic carbocycles. The van der Waals surface area contributed by atoms with Crippen molar-refractivity contribution in [1.29, 1.82) is 0 Å². The molecule has 0 fully saturated rings. The van der Waals surface area contributed by atoms with Crippen LogP contribution in [0.25, 0.3) is 0 Å². The Morgan fingerprint density at radius 1 is 1.00 bits per heavy atom. The lowest BCUT2D eigenvalue weighted by molar-refractivity contribution is 0.0172. The van der Waals surface area contributed by atoms with Crippen LogP contribution < -0.4 is 9.47 Å². The van der Waals surface area contributed by atoms with Gasteiger partial charge in [0.05, 0.1) is 20.8 Å². The highest BCUT2D eigenvalue weighted by atomic mass is 127. The summed E-state index contributed by atoms with van der Waals surface area (Å²) < 4.78 is 48.5. The zero-order chi connectivity index (χ0) is 27.4. The Bertz CT molecular complexity index is 1320. The van der Waals surface area contributed by atoms with Gasteiger partial charge in [-0.2, -0.15) is 0 Å². The van der Waals surface area contributed by atoms with Gasteiger partial charge in [0.2, 0.25) is 0 Å². The van der Waals surface area contributed by atoms with E-state index >= 15 is 4.39 Å². The predicted octanol–water partition coefficient (Wildman–Crippen LogP) is 6.91. The normalized spacial score (nSPS) is 20.9. The number of hydrogen-bond acceptors (Lipinski definition) is 5. The number of methoxy groups -OCH3 is 2. The molecule has 3 atom stereocenters. The average Bonchev–Trinajstić information content (AvgIpc) is 2.91. The molecule has 1 aliphatic heterocycles. The van der Waals surface area contributed by atoms with Crippen LogP contribution in [0, 0.1) is 19.7 Å². The molecule has 202 valence electrons. The largest absolute Gasteiger partial charge is 0.497 e. The number of halogens is 3. The molecule has 1 heterocycles. The fourth-order valence-corrected chi connectivity index (χ4v) is 5.36. The van der Waals surface area contributed by atoms with E-state index in [-0.39, 0.29) is 11.6 Å². The summed E-state index contributed by atoms with van der Waals surface area (Å²) in [6, 6.07) is 18.4. The molecule has 0 unspecified atom stereocenters. The Kier molecular flexibility index (Phi) is 8.80. The van der Waals surface area contributed by atoms with Gasteiger partial charge in [0.15, 0.2) is 6.17 Å². The van der Waals surface area contributed by atoms with Gasteiger partial charge in [-0.15, -0.1) is 0 Å². The summed E-state index contributed by atoms with van der Waals surface area (Å²) in [7, 11) is 3.27. The fourth-order valence-electron chi connectivity index (χ4n) is 4.74. The zero-order valence-electron chi connectivity index (χ0n) is 22.3. The van der Waals surface area contributed by atoms with E-state index in [2.05, 4.69) is 22.6 Å². The van der Waals surface area contributed by atoms with E-state index in [0.717, 1.165) is 33.8 Å². The molecule has 3 aromatic rings. The monoisotopic (exact) mass is 634 g/mol. The molecule has 38 heavy (non-hydrogen) atoms. The second kappa shape index (κ2) is 11.9. The van der Waals surface area contributed by atoms with Crippen LogP contribution in [-0.2, 0) is 23.4 Å². The van der Waals surface area contributed by atoms with Crippen LogP contribution in [0.2, 0.25) is 0 Å². The SMILES string of the molecule is COc1ccc(CN(Cc2ccc(C)cc2OC)C2=N[C@](C)(c3ccccc3F)[C@@H](F)[C@@H](CI)O2)c(C)c1. The van der Waals surface area contributed by atoms with Crippen molar-refractivity contribution in [2.24, 2.45) is 4.99 Å². The summed E-state index contributed by atoms with van der Waals surface area (Å²) in [5.74, 6) is 1.01. The quantitative estimate of drug-likeness (QED) is 0.200. The van der Waals surface area contributed by atoms with Crippen LogP contribution in [-0.4, -0.2) is 41.8 Å². The Balaban J connectivity index is 1.83. The van der Waals surface area contributed by atoms with Crippen molar-refractivity contribution in [3.05, 3.63) is 94.3 Å². The van der Waals surface area contributed by atoms with E-state index in [4.69, 9.17) is 19.2 Å². The molecule has 0 radical (unpaired) electrons. The van der Waals surface area contributed by atoms with Gasteiger partial charge >= 0.3 is 0 Å². The molecule has 0 N–H and O–H groups in total. The second-order valence-corrected chi connectivity index (χ2v) is 10.6. The molecule has 0 saturated heterocycles. The Hall–Kier alpha value is -2.88. The maximum Gasteiger partial charge on any atom is 0.289 e. The summed E-state index contributed by atoms with van der Waals surface area (Å²) >= 11 is 2.11. The second-order valence-electron chi connectivity index (χ2n) is 9.70. The van der Waals surface area contributed by atoms with Gasteiger partial charge in [0.1, 0.15) is 29.0 Å². The smallest absolute Gasteiger partial charge is 0.289 e. The van der Waals surface area contributed by atoms with Crippen molar-refractivity contribution in [2.75, 3.05) is 18.6 Å². The van der Waals surface area contributed by atoms with Crippen molar-refractivity contribution < 1.29 is 23.0 Å². The third kappa shape index (κ3) is 5.75. The number of amidine groups is 1. The molecular formula is C30H33F2IN2O3. The van der Waals surface area contributed by atoms with Crippen LogP contribution in [0.4, 0.5) is 8.78 Å². The lowest BCUT2D eigenvalue weighted by Gasteiger charge is -2.41. The van der Waals surface area contributed by atoms with E-state index in [1.165, 1.54) is 6.07 Å². The predicted molar refractivity (Wildman–Crippen MR) is 155 cm³/mol. The summed E-state index contributed by atoms with van der Waals surface area (Å²) in [6.45, 7) is 6.49. The number of alkyl halides is 2. The molecule has 5 nitrogen and oxygen atoms in total. The van der Waals surface area contributed by atoms with Gasteiger partial charge in [0, 0.05) is 22.1 Å². The molecule has 0 amide bonds. The highest BCUT2D eigenvalue weighted by molar-refractivity contribution is 14.1. The Labute approximate surface area is 237 Å². The molecular weight excluding hydrogens is 601 g/mol. The van der Waals surface area contributed by atoms with Gasteiger partial charge in [-0.05, 0) is 61.7 Å². The van der Waals surface area contributed by atoms with Crippen LogP contribution in [0.3, 0.4) is 0 Å². The minimum atomic E-state index is -1.53. The molecule has 0 aliphatic carbocycles. The number of hydrogen-bond donors (Lipinski definition) is 0. The van der Waals surface area contributed by atoms with E-state index in [9.17, 15) is 4.39 Å². The first-order valence-corrected chi connectivity index (χ1v) is 14.0. The Morgan fingerprint density at radius 3 is 2.37 bits per heavy atom. The molecule has 0 aromatic heterocycles. The van der Waals surface area contributed by atoms with Gasteiger partial charge in [-0.3, -0.25) is 0 Å². The van der Waals surface area contributed by atoms with Crippen LogP contribution >= 0.6 is 22.6 Å². The van der Waals surface area contributed by atoms with E-state index in [1.54, 1.807) is 39.3 Å². The topological polar surface area (TPSA) is 43.3 Å². The molecule has 8 heteroatoms. The van der Waals surface area contributed by atoms with Gasteiger partial charge in [0.25, 0.3) is 6.02 Å². The number of aryl methyl sites for hydroxylation is 2. The molecule has 1 aliphatic rings. The lowest BCUT2D eigenvalue weighted by atomic mass is 9.84. The Morgan fingerprint density at radius 2 is 1.71 bits per heavy atom. The van der Waals surface area contributed by atoms with E-state index in [0.29, 0.717) is 17.5 Å². The van der Waals surface area contributed by atoms with Crippen LogP contribution in [0.15, 0.2) is 65.7 Å². The molecule has 0 spiro atoms. The number of nitrogens with zero attached hydrogens (tertiary/aromatic N) is 2. The number of benzene rings is 3. The highest BCUT2D eigenvalue weighted by Gasteiger charge is 2.48. The third-order valence-electron chi connectivity index (χ3n) is 7.00. The molecule has 0 bridgehead atoms. The lowest BCUT2D eigenvalue weighted by Crippen LogP contribution is -2.52. The van der Waals surface area contributed by atoms with Crippen molar-refractivity contribution >= 4 is 28.6 Å². The maximum atomic E-state index is 15.9. The minimum absolute atomic E-state index is 0.205. The van der Waals surface area contributed by atoms with Crippen molar-refractivity contribution in [3.63, 3.8) is 0 Å². The van der Waals surface area contributed by atoms with Gasteiger partial charge in [-0.25, -0.2) is 13.8 Å². The zero-order valence-corrected chi connectivity index (χ0v) is 24.5. The summed E-state index contributed by atoms with van der Waals surface area (Å²) in [5, 5.41) is 0. The van der Waals surface area contributed by atoms with Crippen molar-refractivity contribution in [1.82, 2.24) is 4.90 Å². The van der Waals surface area contributed by atoms with Gasteiger partial charge in [-0.1, -0.05) is 59.0 Å². The third-order valence-corrected chi connectivity index (χ3v) is 7.87. The first kappa shape index (κ1) is 28.1. The standard InChI is InChI=1S/C30H33F2IN2O3/c1-19-10-11-22(26(14-19)37-5)18-35(17-21-12-13-23(36-4)15-20(21)2)29-34-30(3,28(32)27(16-33)38-29)24-8-6-7-9-25(24)31/h6-15,27-28H,16-18H2,1-5H3/t27-,28+,30-/m1/s1. The first-order valence-electron chi connectivity index (χ1n) is 12.4. The fraction of sp³-hybridized carbons (Fsp3) is 0.367. The van der Waals surface area contributed by atoms with Crippen LogP contribution in [0.1, 0.15) is 34.7 Å². The summed E-state index contributed by atoms with van der Waals surface area (Å²) in [5.41, 5.74) is 2.82. The minimum Gasteiger partial charge on any atom is -0.497 e. The van der Waals surface area contributed by atoms with E-state index < -0.39 is 23.6 Å². The first-order chi connectivity index (χ1) is 18.2. The van der Waals surface area contributed by atoms with Crippen molar-refractivity contribution in [2.45, 2.75) is 51.7 Å². The number of ether oxygens (including phenoxy) is 3. The summed E-state index contributed by atoms with van der Waals surface area (Å²) in [4.78, 5) is 6.75. The highest BCUT2D eigenvalue weighted by Crippen LogP contribution is 2.40. The average molecular weight is 635 g/mol. The number of aliphatic imine (C=N–C) groups is 1. The van der Waals surface area contributed by atoms with Crippen LogP contribution in [0.5, 0.6) is 11.5 Å². The van der Waals surface area contributed by atoms with Crippen molar-refractivity contribution in [3.8, 4) is 11.5 Å².